The summed E-state index contributed by atoms with van der Waals surface area (Å²) in [4.78, 5) is 27.4. The number of phenolic OH excluding ortho intramolecular Hbond substituents is 1. The fourth-order valence-electron chi connectivity index (χ4n) is 4.13. The van der Waals surface area contributed by atoms with Crippen molar-refractivity contribution in [2.75, 3.05) is 32.8 Å². The number of rotatable bonds is 7. The van der Waals surface area contributed by atoms with Crippen molar-refractivity contribution >= 4 is 16.9 Å². The first kappa shape index (κ1) is 23.4. The minimum Gasteiger partial charge on any atom is -0.504 e. The lowest BCUT2D eigenvalue weighted by Crippen LogP contribution is -2.47. The first-order chi connectivity index (χ1) is 17.6. The number of amides is 1. The van der Waals surface area contributed by atoms with Gasteiger partial charge < -0.3 is 29.2 Å². The fourth-order valence-corrected chi connectivity index (χ4v) is 4.13. The second kappa shape index (κ2) is 10.5. The van der Waals surface area contributed by atoms with Crippen LogP contribution in [-0.2, 0) is 11.4 Å². The normalized spacial score (nSPS) is 13.5. The summed E-state index contributed by atoms with van der Waals surface area (Å²) in [5.41, 5.74) is 1.35. The highest BCUT2D eigenvalue weighted by atomic mass is 16.5. The predicted molar refractivity (Wildman–Crippen MR) is 135 cm³/mol. The van der Waals surface area contributed by atoms with E-state index in [9.17, 15) is 14.7 Å². The number of carbonyl (C=O) groups is 1. The van der Waals surface area contributed by atoms with Crippen molar-refractivity contribution in [3.8, 4) is 28.6 Å². The molecule has 1 aliphatic heterocycles. The predicted octanol–water partition coefficient (Wildman–Crippen LogP) is 3.56. The standard InChI is InChI=1S/C28H26N2O6/c31-21-15-22(20-9-5-2-6-10-20)36-23-16-24(34-17-19-7-3-1-4-8-19)28(27(33)26(21)23)35-18-25(32)30-13-11-29-12-14-30/h1-10,15-16,29,33H,11-14,17-18H2. The number of fused-ring (bicyclic) bond motifs is 1. The Morgan fingerprint density at radius 2 is 1.67 bits per heavy atom. The maximum atomic E-state index is 13.0. The van der Waals surface area contributed by atoms with Gasteiger partial charge in [0, 0.05) is 43.9 Å². The molecule has 0 unspecified atom stereocenters. The molecule has 5 rings (SSSR count). The van der Waals surface area contributed by atoms with Crippen LogP contribution in [0.3, 0.4) is 0 Å². The van der Waals surface area contributed by atoms with E-state index in [0.29, 0.717) is 31.9 Å². The van der Waals surface area contributed by atoms with Gasteiger partial charge in [0.15, 0.2) is 23.5 Å². The average Bonchev–Trinajstić information content (AvgIpc) is 2.92. The lowest BCUT2D eigenvalue weighted by atomic mass is 10.1. The third kappa shape index (κ3) is 5.04. The highest BCUT2D eigenvalue weighted by Gasteiger charge is 2.23. The largest absolute Gasteiger partial charge is 0.504 e. The number of hydrogen-bond acceptors (Lipinski definition) is 7. The van der Waals surface area contributed by atoms with E-state index in [0.717, 1.165) is 11.1 Å². The molecule has 1 fully saturated rings. The minimum atomic E-state index is -0.430. The number of phenols is 1. The van der Waals surface area contributed by atoms with Crippen LogP contribution in [0.25, 0.3) is 22.3 Å². The molecule has 4 aromatic rings. The molecule has 0 saturated carbocycles. The van der Waals surface area contributed by atoms with Crippen molar-refractivity contribution in [1.29, 1.82) is 0 Å². The molecule has 1 amide bonds. The Hall–Kier alpha value is -4.30. The number of ether oxygens (including phenoxy) is 2. The Morgan fingerprint density at radius 3 is 2.39 bits per heavy atom. The van der Waals surface area contributed by atoms with Crippen molar-refractivity contribution in [2.45, 2.75) is 6.61 Å². The number of nitrogens with one attached hydrogen (secondary N) is 1. The van der Waals surface area contributed by atoms with Gasteiger partial charge in [0.05, 0.1) is 0 Å². The van der Waals surface area contributed by atoms with Crippen molar-refractivity contribution in [3.63, 3.8) is 0 Å². The van der Waals surface area contributed by atoms with E-state index in [2.05, 4.69) is 5.32 Å². The highest BCUT2D eigenvalue weighted by Crippen LogP contribution is 2.43. The smallest absolute Gasteiger partial charge is 0.260 e. The van der Waals surface area contributed by atoms with Gasteiger partial charge in [0.25, 0.3) is 5.91 Å². The topological polar surface area (TPSA) is 101 Å². The third-order valence-corrected chi connectivity index (χ3v) is 6.02. The van der Waals surface area contributed by atoms with Crippen molar-refractivity contribution < 1.29 is 23.8 Å². The molecular formula is C28H26N2O6. The molecule has 184 valence electrons. The molecule has 0 radical (unpaired) electrons. The van der Waals surface area contributed by atoms with Crippen LogP contribution in [0.1, 0.15) is 5.56 Å². The van der Waals surface area contributed by atoms with Crippen LogP contribution in [0.2, 0.25) is 0 Å². The summed E-state index contributed by atoms with van der Waals surface area (Å²) >= 11 is 0. The van der Waals surface area contributed by atoms with Crippen LogP contribution in [0.5, 0.6) is 17.2 Å². The van der Waals surface area contributed by atoms with Crippen molar-refractivity contribution in [2.24, 2.45) is 0 Å². The van der Waals surface area contributed by atoms with Gasteiger partial charge in [0.1, 0.15) is 23.3 Å². The molecule has 36 heavy (non-hydrogen) atoms. The van der Waals surface area contributed by atoms with Crippen LogP contribution in [-0.4, -0.2) is 48.7 Å². The zero-order chi connectivity index (χ0) is 24.9. The second-order valence-corrected chi connectivity index (χ2v) is 8.46. The molecular weight excluding hydrogens is 460 g/mol. The van der Waals surface area contributed by atoms with E-state index < -0.39 is 11.2 Å². The lowest BCUT2D eigenvalue weighted by molar-refractivity contribution is -0.133. The summed E-state index contributed by atoms with van der Waals surface area (Å²) in [6, 6.07) is 21.6. The van der Waals surface area contributed by atoms with Crippen LogP contribution in [0, 0.1) is 0 Å². The zero-order valence-corrected chi connectivity index (χ0v) is 19.6. The maximum Gasteiger partial charge on any atom is 0.260 e. The van der Waals surface area contributed by atoms with E-state index in [1.54, 1.807) is 4.90 Å². The summed E-state index contributed by atoms with van der Waals surface area (Å²) in [5.74, 6) is -0.162. The SMILES string of the molecule is O=C(COc1c(OCc2ccccc2)cc2oc(-c3ccccc3)cc(=O)c2c1O)N1CCNCC1. The Kier molecular flexibility index (Phi) is 6.86. The number of benzene rings is 3. The van der Waals surface area contributed by atoms with Crippen LogP contribution in [0.15, 0.2) is 82.0 Å². The van der Waals surface area contributed by atoms with Crippen molar-refractivity contribution in [3.05, 3.63) is 88.6 Å². The zero-order valence-electron chi connectivity index (χ0n) is 19.6. The summed E-state index contributed by atoms with van der Waals surface area (Å²) in [6.07, 6.45) is 0. The van der Waals surface area contributed by atoms with Crippen LogP contribution in [0.4, 0.5) is 0 Å². The van der Waals surface area contributed by atoms with Gasteiger partial charge in [-0.15, -0.1) is 0 Å². The molecule has 8 heteroatoms. The fraction of sp³-hybridized carbons (Fsp3) is 0.214. The quantitative estimate of drug-likeness (QED) is 0.412. The Balaban J connectivity index is 1.52. The summed E-state index contributed by atoms with van der Waals surface area (Å²) < 4.78 is 17.8. The van der Waals surface area contributed by atoms with Crippen LogP contribution < -0.4 is 20.2 Å². The summed E-state index contributed by atoms with van der Waals surface area (Å²) in [6.45, 7) is 2.47. The average molecular weight is 487 g/mol. The van der Waals surface area contributed by atoms with Crippen molar-refractivity contribution in [1.82, 2.24) is 10.2 Å². The molecule has 3 aromatic carbocycles. The summed E-state index contributed by atoms with van der Waals surface area (Å²) in [7, 11) is 0. The highest BCUT2D eigenvalue weighted by molar-refractivity contribution is 5.90. The van der Waals surface area contributed by atoms with E-state index >= 15 is 0 Å². The van der Waals surface area contributed by atoms with Gasteiger partial charge in [-0.25, -0.2) is 0 Å². The lowest BCUT2D eigenvalue weighted by Gasteiger charge is -2.27. The molecule has 8 nitrogen and oxygen atoms in total. The number of carbonyl (C=O) groups excluding carboxylic acids is 1. The van der Waals surface area contributed by atoms with Gasteiger partial charge in [-0.2, -0.15) is 0 Å². The first-order valence-electron chi connectivity index (χ1n) is 11.8. The van der Waals surface area contributed by atoms with E-state index in [4.69, 9.17) is 13.9 Å². The Labute approximate surface area is 207 Å². The minimum absolute atomic E-state index is 0.0358. The van der Waals surface area contributed by atoms with Gasteiger partial charge in [-0.1, -0.05) is 60.7 Å². The first-order valence-corrected chi connectivity index (χ1v) is 11.8. The van der Waals surface area contributed by atoms with Crippen LogP contribution >= 0.6 is 0 Å². The number of aromatic hydroxyl groups is 1. The van der Waals surface area contributed by atoms with Gasteiger partial charge in [-0.05, 0) is 5.56 Å². The molecule has 2 N–H and O–H groups in total. The summed E-state index contributed by atoms with van der Waals surface area (Å²) in [5, 5.41) is 14.3. The third-order valence-electron chi connectivity index (χ3n) is 6.02. The molecule has 1 aliphatic rings. The van der Waals surface area contributed by atoms with Gasteiger partial charge in [0.2, 0.25) is 5.75 Å². The molecule has 1 saturated heterocycles. The van der Waals surface area contributed by atoms with E-state index in [1.807, 2.05) is 60.7 Å². The Bertz CT molecular complexity index is 1410. The Morgan fingerprint density at radius 1 is 0.972 bits per heavy atom. The maximum absolute atomic E-state index is 13.0. The van der Waals surface area contributed by atoms with Gasteiger partial charge in [-0.3, -0.25) is 9.59 Å². The molecule has 0 aliphatic carbocycles. The molecule has 0 bridgehead atoms. The number of nitrogens with zero attached hydrogens (tertiary/aromatic N) is 1. The van der Waals surface area contributed by atoms with E-state index in [1.165, 1.54) is 12.1 Å². The van der Waals surface area contributed by atoms with E-state index in [-0.39, 0.29) is 41.6 Å². The molecule has 0 atom stereocenters. The second-order valence-electron chi connectivity index (χ2n) is 8.46. The molecule has 2 heterocycles. The number of hydrogen-bond donors (Lipinski definition) is 2. The molecule has 0 spiro atoms. The monoisotopic (exact) mass is 486 g/mol. The molecule has 1 aromatic heterocycles. The number of piperazine rings is 1. The van der Waals surface area contributed by atoms with Gasteiger partial charge >= 0.3 is 0 Å².